The molecule has 0 atom stereocenters. The normalized spacial score (nSPS) is 10.0. The van der Waals surface area contributed by atoms with Crippen LogP contribution in [-0.4, -0.2) is 26.2 Å². The zero-order chi connectivity index (χ0) is 12.5. The minimum Gasteiger partial charge on any atom is -0.491 e. The van der Waals surface area contributed by atoms with Crippen molar-refractivity contribution in [3.05, 3.63) is 24.3 Å². The van der Waals surface area contributed by atoms with E-state index in [2.05, 4.69) is 12.2 Å². The lowest BCUT2D eigenvalue weighted by Gasteiger charge is -2.11. The molecule has 0 spiro atoms. The molecule has 0 saturated heterocycles. The maximum Gasteiger partial charge on any atom is 0.250 e. The molecule has 1 N–H and O–H groups in total. The molecular weight excluding hydrogens is 218 g/mol. The molecule has 94 valence electrons. The number of benzene rings is 1. The lowest BCUT2D eigenvalue weighted by atomic mass is 10.3. The van der Waals surface area contributed by atoms with Gasteiger partial charge in [0.15, 0.2) is 0 Å². The van der Waals surface area contributed by atoms with Crippen molar-refractivity contribution < 1.29 is 14.3 Å². The Labute approximate surface area is 102 Å². The fourth-order valence-electron chi connectivity index (χ4n) is 1.34. The van der Waals surface area contributed by atoms with Gasteiger partial charge in [0.2, 0.25) is 5.91 Å². The highest BCUT2D eigenvalue weighted by Crippen LogP contribution is 2.23. The van der Waals surface area contributed by atoms with E-state index in [-0.39, 0.29) is 12.5 Å². The molecule has 1 amide bonds. The van der Waals surface area contributed by atoms with E-state index in [4.69, 9.17) is 9.47 Å². The predicted molar refractivity (Wildman–Crippen MR) is 67.4 cm³/mol. The quantitative estimate of drug-likeness (QED) is 0.741. The number of nitrogens with one attached hydrogen (secondary N) is 1. The van der Waals surface area contributed by atoms with Gasteiger partial charge in [-0.05, 0) is 18.6 Å². The Bertz CT molecular complexity index is 352. The van der Waals surface area contributed by atoms with E-state index in [1.807, 2.05) is 24.3 Å². The molecule has 4 nitrogen and oxygen atoms in total. The number of carbonyl (C=O) groups is 1. The highest BCUT2D eigenvalue weighted by atomic mass is 16.5. The van der Waals surface area contributed by atoms with Gasteiger partial charge in [0.25, 0.3) is 0 Å². The SMILES string of the molecule is CCCCOc1ccccc1NC(=O)COC. The largest absolute Gasteiger partial charge is 0.491 e. The molecule has 1 aromatic carbocycles. The fraction of sp³-hybridized carbons (Fsp3) is 0.462. The van der Waals surface area contributed by atoms with Crippen molar-refractivity contribution in [1.82, 2.24) is 0 Å². The highest BCUT2D eigenvalue weighted by molar-refractivity contribution is 5.93. The zero-order valence-corrected chi connectivity index (χ0v) is 10.4. The van der Waals surface area contributed by atoms with Crippen molar-refractivity contribution in [2.45, 2.75) is 19.8 Å². The Morgan fingerprint density at radius 2 is 2.12 bits per heavy atom. The molecule has 1 rings (SSSR count). The molecule has 1 aromatic rings. The second kappa shape index (κ2) is 7.68. The first-order valence-corrected chi connectivity index (χ1v) is 5.78. The summed E-state index contributed by atoms with van der Waals surface area (Å²) in [4.78, 5) is 11.4. The van der Waals surface area contributed by atoms with Gasteiger partial charge >= 0.3 is 0 Å². The Balaban J connectivity index is 2.60. The van der Waals surface area contributed by atoms with E-state index in [1.54, 1.807) is 0 Å². The minimum absolute atomic E-state index is 0.0449. The van der Waals surface area contributed by atoms with Crippen LogP contribution in [0.4, 0.5) is 5.69 Å². The Morgan fingerprint density at radius 3 is 2.82 bits per heavy atom. The molecule has 0 unspecified atom stereocenters. The molecule has 4 heteroatoms. The molecule has 0 heterocycles. The first kappa shape index (κ1) is 13.5. The maximum atomic E-state index is 11.4. The summed E-state index contributed by atoms with van der Waals surface area (Å²) < 4.78 is 10.4. The van der Waals surface area contributed by atoms with Crippen molar-refractivity contribution in [3.63, 3.8) is 0 Å². The summed E-state index contributed by atoms with van der Waals surface area (Å²) in [6, 6.07) is 7.40. The van der Waals surface area contributed by atoms with E-state index in [0.29, 0.717) is 18.0 Å². The van der Waals surface area contributed by atoms with Crippen LogP contribution in [0.2, 0.25) is 0 Å². The van der Waals surface area contributed by atoms with Gasteiger partial charge in [0.05, 0.1) is 12.3 Å². The van der Waals surface area contributed by atoms with Crippen molar-refractivity contribution in [2.24, 2.45) is 0 Å². The summed E-state index contributed by atoms with van der Waals surface area (Å²) in [7, 11) is 1.49. The van der Waals surface area contributed by atoms with Crippen molar-refractivity contribution >= 4 is 11.6 Å². The number of unbranched alkanes of at least 4 members (excludes halogenated alkanes) is 1. The number of rotatable bonds is 7. The molecule has 0 aromatic heterocycles. The van der Waals surface area contributed by atoms with E-state index >= 15 is 0 Å². The molecule has 0 saturated carbocycles. The average molecular weight is 237 g/mol. The summed E-state index contributed by atoms with van der Waals surface area (Å²) in [6.45, 7) is 2.81. The number of anilines is 1. The summed E-state index contributed by atoms with van der Waals surface area (Å²) in [6.07, 6.45) is 2.08. The maximum absolute atomic E-state index is 11.4. The first-order valence-electron chi connectivity index (χ1n) is 5.78. The molecule has 0 radical (unpaired) electrons. The van der Waals surface area contributed by atoms with Crippen LogP contribution in [0, 0.1) is 0 Å². The summed E-state index contributed by atoms with van der Waals surface area (Å²) in [5, 5.41) is 2.75. The van der Waals surface area contributed by atoms with Gasteiger partial charge in [-0.25, -0.2) is 0 Å². The summed E-state index contributed by atoms with van der Waals surface area (Å²) in [5.41, 5.74) is 0.686. The Kier molecular flexibility index (Phi) is 6.10. The highest BCUT2D eigenvalue weighted by Gasteiger charge is 2.06. The number of hydrogen-bond acceptors (Lipinski definition) is 3. The fourth-order valence-corrected chi connectivity index (χ4v) is 1.34. The third-order valence-electron chi connectivity index (χ3n) is 2.19. The third-order valence-corrected chi connectivity index (χ3v) is 2.19. The Morgan fingerprint density at radius 1 is 1.35 bits per heavy atom. The van der Waals surface area contributed by atoms with Crippen LogP contribution in [0.1, 0.15) is 19.8 Å². The number of ether oxygens (including phenoxy) is 2. The average Bonchev–Trinajstić information content (AvgIpc) is 2.32. The van der Waals surface area contributed by atoms with Gasteiger partial charge in [-0.1, -0.05) is 25.5 Å². The van der Waals surface area contributed by atoms with Gasteiger partial charge < -0.3 is 14.8 Å². The lowest BCUT2D eigenvalue weighted by molar-refractivity contribution is -0.119. The number of methoxy groups -OCH3 is 1. The smallest absolute Gasteiger partial charge is 0.250 e. The molecular formula is C13H19NO3. The van der Waals surface area contributed by atoms with Gasteiger partial charge in [-0.3, -0.25) is 4.79 Å². The van der Waals surface area contributed by atoms with Crippen LogP contribution < -0.4 is 10.1 Å². The zero-order valence-electron chi connectivity index (χ0n) is 10.4. The predicted octanol–water partition coefficient (Wildman–Crippen LogP) is 2.45. The molecule has 17 heavy (non-hydrogen) atoms. The number of carbonyl (C=O) groups excluding carboxylic acids is 1. The first-order chi connectivity index (χ1) is 8.27. The van der Waals surface area contributed by atoms with Crippen LogP contribution in [0.3, 0.4) is 0 Å². The van der Waals surface area contributed by atoms with Crippen LogP contribution in [0.5, 0.6) is 5.75 Å². The van der Waals surface area contributed by atoms with Crippen molar-refractivity contribution in [1.29, 1.82) is 0 Å². The summed E-state index contributed by atoms with van der Waals surface area (Å²) >= 11 is 0. The van der Waals surface area contributed by atoms with E-state index in [0.717, 1.165) is 12.8 Å². The second-order valence-corrected chi connectivity index (χ2v) is 3.68. The summed E-state index contributed by atoms with van der Waals surface area (Å²) in [5.74, 6) is 0.518. The van der Waals surface area contributed by atoms with E-state index in [9.17, 15) is 4.79 Å². The molecule has 0 aliphatic carbocycles. The number of hydrogen-bond donors (Lipinski definition) is 1. The second-order valence-electron chi connectivity index (χ2n) is 3.68. The number of para-hydroxylation sites is 2. The van der Waals surface area contributed by atoms with Crippen molar-refractivity contribution in [2.75, 3.05) is 25.6 Å². The van der Waals surface area contributed by atoms with Crippen LogP contribution in [-0.2, 0) is 9.53 Å². The van der Waals surface area contributed by atoms with Crippen LogP contribution in [0.15, 0.2) is 24.3 Å². The van der Waals surface area contributed by atoms with Gasteiger partial charge in [0, 0.05) is 7.11 Å². The van der Waals surface area contributed by atoms with Crippen molar-refractivity contribution in [3.8, 4) is 5.75 Å². The third kappa shape index (κ3) is 4.87. The Hall–Kier alpha value is -1.55. The van der Waals surface area contributed by atoms with Gasteiger partial charge in [0.1, 0.15) is 12.4 Å². The lowest BCUT2D eigenvalue weighted by Crippen LogP contribution is -2.17. The van der Waals surface area contributed by atoms with Crippen LogP contribution >= 0.6 is 0 Å². The number of amides is 1. The molecule has 0 aliphatic heterocycles. The monoisotopic (exact) mass is 237 g/mol. The molecule has 0 fully saturated rings. The standard InChI is InChI=1S/C13H19NO3/c1-3-4-9-17-12-8-6-5-7-11(12)14-13(15)10-16-2/h5-8H,3-4,9-10H2,1-2H3,(H,14,15). The van der Waals surface area contributed by atoms with Gasteiger partial charge in [-0.15, -0.1) is 0 Å². The van der Waals surface area contributed by atoms with E-state index in [1.165, 1.54) is 7.11 Å². The van der Waals surface area contributed by atoms with Crippen LogP contribution in [0.25, 0.3) is 0 Å². The molecule has 0 bridgehead atoms. The van der Waals surface area contributed by atoms with E-state index < -0.39 is 0 Å². The topological polar surface area (TPSA) is 47.6 Å². The molecule has 0 aliphatic rings. The minimum atomic E-state index is -0.181. The van der Waals surface area contributed by atoms with Gasteiger partial charge in [-0.2, -0.15) is 0 Å².